The third kappa shape index (κ3) is 1.30. The molecule has 0 aromatic rings. The fourth-order valence-corrected chi connectivity index (χ4v) is 5.60. The number of rotatable bonds is 1. The van der Waals surface area contributed by atoms with Crippen molar-refractivity contribution in [3.05, 3.63) is 5.92 Å². The standard InChI is InChI=1S/C10H16O3P/c11-14(12,13)10-8-2-6-1-7(4-8)5-9(10)3-6/h6-8,10H,1-5H2,(H2,11,12,13). The Balaban J connectivity index is 1.92. The smallest absolute Gasteiger partial charge is 0.324 e. The molecule has 3 nitrogen and oxygen atoms in total. The molecule has 4 aliphatic carbocycles. The molecule has 2 N–H and O–H groups in total. The molecule has 4 heteroatoms. The van der Waals surface area contributed by atoms with Crippen molar-refractivity contribution in [3.8, 4) is 0 Å². The molecule has 0 aliphatic heterocycles. The molecular formula is C10H16O3P. The third-order valence-electron chi connectivity index (χ3n) is 4.27. The second-order valence-corrected chi connectivity index (χ2v) is 7.03. The second kappa shape index (κ2) is 2.84. The second-order valence-electron chi connectivity index (χ2n) is 5.30. The van der Waals surface area contributed by atoms with Crippen molar-refractivity contribution < 1.29 is 14.4 Å². The van der Waals surface area contributed by atoms with Crippen LogP contribution in [0.25, 0.3) is 0 Å². The van der Waals surface area contributed by atoms with Crippen LogP contribution in [0.4, 0.5) is 0 Å². The highest BCUT2D eigenvalue weighted by Gasteiger charge is 2.54. The van der Waals surface area contributed by atoms with Crippen molar-refractivity contribution in [1.82, 2.24) is 0 Å². The zero-order valence-electron chi connectivity index (χ0n) is 8.09. The SMILES string of the molecule is O=P(O)(O)C1[C]2CC3CC(C2)CC1C3. The Bertz CT molecular complexity index is 268. The Morgan fingerprint density at radius 3 is 2.07 bits per heavy atom. The van der Waals surface area contributed by atoms with Gasteiger partial charge in [-0.25, -0.2) is 0 Å². The van der Waals surface area contributed by atoms with E-state index < -0.39 is 7.60 Å². The first-order chi connectivity index (χ1) is 6.54. The van der Waals surface area contributed by atoms with Crippen LogP contribution >= 0.6 is 7.60 Å². The Hall–Kier alpha value is 0.150. The van der Waals surface area contributed by atoms with Crippen LogP contribution in [-0.2, 0) is 4.57 Å². The molecule has 4 aliphatic rings. The Labute approximate surface area is 84.1 Å². The van der Waals surface area contributed by atoms with Gasteiger partial charge in [0.2, 0.25) is 0 Å². The van der Waals surface area contributed by atoms with Crippen LogP contribution in [0.1, 0.15) is 32.1 Å². The zero-order valence-corrected chi connectivity index (χ0v) is 8.99. The van der Waals surface area contributed by atoms with E-state index in [-0.39, 0.29) is 5.66 Å². The highest BCUT2D eigenvalue weighted by molar-refractivity contribution is 7.52. The van der Waals surface area contributed by atoms with E-state index in [9.17, 15) is 14.4 Å². The largest absolute Gasteiger partial charge is 0.329 e. The summed E-state index contributed by atoms with van der Waals surface area (Å²) < 4.78 is 11.4. The van der Waals surface area contributed by atoms with Crippen molar-refractivity contribution in [2.45, 2.75) is 37.8 Å². The van der Waals surface area contributed by atoms with Gasteiger partial charge in [-0.05, 0) is 55.8 Å². The summed E-state index contributed by atoms with van der Waals surface area (Å²) >= 11 is 0. The maximum atomic E-state index is 11.4. The summed E-state index contributed by atoms with van der Waals surface area (Å²) in [5.74, 6) is 3.01. The van der Waals surface area contributed by atoms with Crippen molar-refractivity contribution in [2.75, 3.05) is 0 Å². The molecule has 14 heavy (non-hydrogen) atoms. The van der Waals surface area contributed by atoms with E-state index in [1.165, 1.54) is 12.3 Å². The molecule has 0 saturated heterocycles. The number of hydrogen-bond donors (Lipinski definition) is 2. The predicted molar refractivity (Wildman–Crippen MR) is 52.6 cm³/mol. The molecule has 0 spiro atoms. The van der Waals surface area contributed by atoms with Crippen molar-refractivity contribution in [3.63, 3.8) is 0 Å². The van der Waals surface area contributed by atoms with Gasteiger partial charge in [-0.15, -0.1) is 0 Å². The Morgan fingerprint density at radius 1 is 1.07 bits per heavy atom. The van der Waals surface area contributed by atoms with Gasteiger partial charge in [0.25, 0.3) is 0 Å². The summed E-state index contributed by atoms with van der Waals surface area (Å²) in [7, 11) is -3.86. The normalized spacial score (nSPS) is 47.3. The Morgan fingerprint density at radius 2 is 1.64 bits per heavy atom. The molecule has 0 aromatic carbocycles. The minimum Gasteiger partial charge on any atom is -0.324 e. The minimum atomic E-state index is -3.86. The van der Waals surface area contributed by atoms with Gasteiger partial charge in [-0.1, -0.05) is 0 Å². The topological polar surface area (TPSA) is 57.5 Å². The van der Waals surface area contributed by atoms with Gasteiger partial charge in [0.1, 0.15) is 0 Å². The van der Waals surface area contributed by atoms with Gasteiger partial charge >= 0.3 is 7.60 Å². The predicted octanol–water partition coefficient (Wildman–Crippen LogP) is 1.95. The van der Waals surface area contributed by atoms with Crippen molar-refractivity contribution >= 4 is 7.60 Å². The lowest BCUT2D eigenvalue weighted by molar-refractivity contribution is 0.0869. The molecule has 0 heterocycles. The first-order valence-electron chi connectivity index (χ1n) is 5.44. The molecule has 4 bridgehead atoms. The van der Waals surface area contributed by atoms with Crippen LogP contribution < -0.4 is 0 Å². The van der Waals surface area contributed by atoms with Gasteiger partial charge in [0.15, 0.2) is 0 Å². The van der Waals surface area contributed by atoms with E-state index in [1.54, 1.807) is 0 Å². The zero-order chi connectivity index (χ0) is 9.92. The summed E-state index contributed by atoms with van der Waals surface area (Å²) in [5, 5.41) is 0. The Kier molecular flexibility index (Phi) is 1.90. The monoisotopic (exact) mass is 215 g/mol. The van der Waals surface area contributed by atoms with Gasteiger partial charge in [0.05, 0.1) is 5.66 Å². The first kappa shape index (κ1) is 9.38. The van der Waals surface area contributed by atoms with Gasteiger partial charge in [-0.2, -0.15) is 0 Å². The summed E-state index contributed by atoms with van der Waals surface area (Å²) in [5.41, 5.74) is -0.365. The van der Waals surface area contributed by atoms with E-state index in [2.05, 4.69) is 0 Å². The van der Waals surface area contributed by atoms with Gasteiger partial charge in [-0.3, -0.25) is 4.57 Å². The first-order valence-corrected chi connectivity index (χ1v) is 7.12. The van der Waals surface area contributed by atoms with Crippen LogP contribution in [0.2, 0.25) is 0 Å². The van der Waals surface area contributed by atoms with Crippen LogP contribution in [0.3, 0.4) is 0 Å². The summed E-state index contributed by atoms with van der Waals surface area (Å²) in [4.78, 5) is 18.7. The molecule has 0 aromatic heterocycles. The summed E-state index contributed by atoms with van der Waals surface area (Å²) in [6.45, 7) is 0. The van der Waals surface area contributed by atoms with Crippen LogP contribution in [0.5, 0.6) is 0 Å². The molecule has 3 unspecified atom stereocenters. The fraction of sp³-hybridized carbons (Fsp3) is 0.900. The average molecular weight is 215 g/mol. The maximum Gasteiger partial charge on any atom is 0.329 e. The molecule has 4 saturated carbocycles. The summed E-state index contributed by atoms with van der Waals surface area (Å²) in [6.07, 6.45) is 5.45. The van der Waals surface area contributed by atoms with Gasteiger partial charge in [0, 0.05) is 0 Å². The third-order valence-corrected chi connectivity index (χ3v) is 5.78. The molecule has 3 atom stereocenters. The highest BCUT2D eigenvalue weighted by atomic mass is 31.2. The lowest BCUT2D eigenvalue weighted by Gasteiger charge is -2.53. The summed E-state index contributed by atoms with van der Waals surface area (Å²) in [6, 6.07) is 0. The van der Waals surface area contributed by atoms with Crippen LogP contribution in [0, 0.1) is 23.7 Å². The fourth-order valence-electron chi connectivity index (χ4n) is 4.12. The number of hydrogen-bond acceptors (Lipinski definition) is 1. The lowest BCUT2D eigenvalue weighted by atomic mass is 9.56. The lowest BCUT2D eigenvalue weighted by Crippen LogP contribution is -2.46. The average Bonchev–Trinajstić information content (AvgIpc) is 1.97. The van der Waals surface area contributed by atoms with E-state index in [0.29, 0.717) is 5.92 Å². The van der Waals surface area contributed by atoms with Crippen molar-refractivity contribution in [2.24, 2.45) is 17.8 Å². The molecule has 79 valence electrons. The molecule has 4 rings (SSSR count). The van der Waals surface area contributed by atoms with E-state index >= 15 is 0 Å². The maximum absolute atomic E-state index is 11.4. The molecule has 0 amide bonds. The molecular weight excluding hydrogens is 199 g/mol. The van der Waals surface area contributed by atoms with Gasteiger partial charge < -0.3 is 9.79 Å². The van der Waals surface area contributed by atoms with E-state index in [1.807, 2.05) is 0 Å². The highest BCUT2D eigenvalue weighted by Crippen LogP contribution is 2.64. The molecule has 1 radical (unpaired) electrons. The van der Waals surface area contributed by atoms with Crippen LogP contribution in [0.15, 0.2) is 0 Å². The molecule has 4 fully saturated rings. The minimum absolute atomic E-state index is 0.303. The van der Waals surface area contributed by atoms with E-state index in [4.69, 9.17) is 0 Å². The van der Waals surface area contributed by atoms with E-state index in [0.717, 1.165) is 37.5 Å². The quantitative estimate of drug-likeness (QED) is 0.657. The van der Waals surface area contributed by atoms with Crippen LogP contribution in [-0.4, -0.2) is 15.4 Å². The van der Waals surface area contributed by atoms with Crippen molar-refractivity contribution in [1.29, 1.82) is 0 Å².